The zero-order chi connectivity index (χ0) is 19.2. The van der Waals surface area contributed by atoms with Gasteiger partial charge in [0.15, 0.2) is 0 Å². The van der Waals surface area contributed by atoms with E-state index >= 15 is 0 Å². The fourth-order valence-electron chi connectivity index (χ4n) is 3.27. The van der Waals surface area contributed by atoms with Crippen LogP contribution in [0.5, 0.6) is 0 Å². The molecule has 5 heteroatoms. The monoisotopic (exact) mass is 363 g/mol. The number of benzene rings is 2. The Balaban J connectivity index is 1.95. The number of carbonyl (C=O) groups excluding carboxylic acids is 2. The lowest BCUT2D eigenvalue weighted by atomic mass is 10.1. The van der Waals surface area contributed by atoms with Crippen molar-refractivity contribution in [1.82, 2.24) is 14.7 Å². The first-order valence-corrected chi connectivity index (χ1v) is 9.48. The van der Waals surface area contributed by atoms with E-state index in [9.17, 15) is 9.59 Å². The first kappa shape index (κ1) is 18.8. The molecular weight excluding hydrogens is 338 g/mol. The average molecular weight is 363 g/mol. The predicted octanol–water partition coefficient (Wildman–Crippen LogP) is 3.92. The van der Waals surface area contributed by atoms with E-state index in [1.807, 2.05) is 47.4 Å². The summed E-state index contributed by atoms with van der Waals surface area (Å²) in [5.74, 6) is -0.0948. The molecule has 2 aromatic carbocycles. The van der Waals surface area contributed by atoms with Crippen molar-refractivity contribution >= 4 is 22.6 Å². The first-order valence-electron chi connectivity index (χ1n) is 9.48. The normalized spacial score (nSPS) is 10.9. The predicted molar refractivity (Wildman–Crippen MR) is 107 cm³/mol. The molecule has 0 saturated heterocycles. The number of amides is 1. The quantitative estimate of drug-likeness (QED) is 0.570. The van der Waals surface area contributed by atoms with Crippen molar-refractivity contribution < 1.29 is 9.59 Å². The summed E-state index contributed by atoms with van der Waals surface area (Å²) in [4.78, 5) is 27.6. The summed E-state index contributed by atoms with van der Waals surface area (Å²) in [6.07, 6.45) is 1.84. The molecule has 1 amide bonds. The molecule has 5 nitrogen and oxygen atoms in total. The first-order chi connectivity index (χ1) is 13.2. The van der Waals surface area contributed by atoms with Gasteiger partial charge in [0.2, 0.25) is 11.7 Å². The van der Waals surface area contributed by atoms with Crippen LogP contribution in [0, 0.1) is 0 Å². The summed E-state index contributed by atoms with van der Waals surface area (Å²) in [6, 6.07) is 16.7. The summed E-state index contributed by atoms with van der Waals surface area (Å²) in [5.41, 5.74) is 1.79. The lowest BCUT2D eigenvalue weighted by Crippen LogP contribution is -2.35. The van der Waals surface area contributed by atoms with Gasteiger partial charge < -0.3 is 4.90 Å². The third kappa shape index (κ3) is 4.08. The lowest BCUT2D eigenvalue weighted by Gasteiger charge is -2.21. The molecule has 0 fully saturated rings. The Labute approximate surface area is 159 Å². The van der Waals surface area contributed by atoms with Gasteiger partial charge in [-0.15, -0.1) is 0 Å². The lowest BCUT2D eigenvalue weighted by molar-refractivity contribution is -0.132. The zero-order valence-electron chi connectivity index (χ0n) is 15.9. The molecule has 1 heterocycles. The molecule has 27 heavy (non-hydrogen) atoms. The highest BCUT2D eigenvalue weighted by Crippen LogP contribution is 2.21. The minimum absolute atomic E-state index is 0.0330. The molecule has 0 N–H and O–H groups in total. The summed E-state index contributed by atoms with van der Waals surface area (Å²) in [7, 11) is 0. The molecule has 0 bridgehead atoms. The average Bonchev–Trinajstić information content (AvgIpc) is 3.06. The van der Waals surface area contributed by atoms with Gasteiger partial charge in [0, 0.05) is 24.0 Å². The second-order valence-corrected chi connectivity index (χ2v) is 6.60. The maximum Gasteiger partial charge on any atom is 0.244 e. The van der Waals surface area contributed by atoms with E-state index in [1.54, 1.807) is 16.8 Å². The van der Waals surface area contributed by atoms with E-state index in [4.69, 9.17) is 0 Å². The van der Waals surface area contributed by atoms with Crippen LogP contribution in [0.1, 0.15) is 42.7 Å². The fourth-order valence-corrected chi connectivity index (χ4v) is 3.27. The molecule has 3 aromatic rings. The molecule has 0 unspecified atom stereocenters. The Hall–Kier alpha value is -2.95. The van der Waals surface area contributed by atoms with Crippen molar-refractivity contribution in [3.63, 3.8) is 0 Å². The van der Waals surface area contributed by atoms with Crippen LogP contribution in [0.15, 0.2) is 54.6 Å². The molecule has 140 valence electrons. The van der Waals surface area contributed by atoms with Gasteiger partial charge in [-0.25, -0.2) is 0 Å². The molecule has 0 aliphatic rings. The highest BCUT2D eigenvalue weighted by Gasteiger charge is 2.21. The number of nitrogens with zero attached hydrogens (tertiary/aromatic N) is 3. The SMILES string of the molecule is CCCN(CCC)C(=O)Cn1nc(C(=O)c2ccccc2)c2ccccc21. The van der Waals surface area contributed by atoms with E-state index in [-0.39, 0.29) is 18.2 Å². The van der Waals surface area contributed by atoms with Crippen LogP contribution in [0.2, 0.25) is 0 Å². The highest BCUT2D eigenvalue weighted by molar-refractivity contribution is 6.14. The Morgan fingerprint density at radius 2 is 1.56 bits per heavy atom. The van der Waals surface area contributed by atoms with Crippen molar-refractivity contribution in [3.05, 3.63) is 65.9 Å². The molecule has 0 saturated carbocycles. The smallest absolute Gasteiger partial charge is 0.244 e. The molecule has 0 aliphatic carbocycles. The Kier molecular flexibility index (Phi) is 6.01. The second kappa shape index (κ2) is 8.62. The number of para-hydroxylation sites is 1. The van der Waals surface area contributed by atoms with Crippen molar-refractivity contribution in [2.24, 2.45) is 0 Å². The Morgan fingerprint density at radius 3 is 2.22 bits per heavy atom. The van der Waals surface area contributed by atoms with E-state index in [1.165, 1.54) is 0 Å². The summed E-state index contributed by atoms with van der Waals surface area (Å²) >= 11 is 0. The van der Waals surface area contributed by atoms with Crippen LogP contribution < -0.4 is 0 Å². The fraction of sp³-hybridized carbons (Fsp3) is 0.318. The second-order valence-electron chi connectivity index (χ2n) is 6.60. The van der Waals surface area contributed by atoms with Crippen LogP contribution in [-0.2, 0) is 11.3 Å². The molecule has 0 atom stereocenters. The molecule has 0 radical (unpaired) electrons. The topological polar surface area (TPSA) is 55.2 Å². The number of hydrogen-bond acceptors (Lipinski definition) is 3. The van der Waals surface area contributed by atoms with E-state index < -0.39 is 0 Å². The third-order valence-corrected chi connectivity index (χ3v) is 4.53. The molecule has 1 aromatic heterocycles. The van der Waals surface area contributed by atoms with Gasteiger partial charge in [0.05, 0.1) is 5.52 Å². The molecule has 0 spiro atoms. The molecular formula is C22H25N3O2. The summed E-state index contributed by atoms with van der Waals surface area (Å²) in [5, 5.41) is 5.30. The van der Waals surface area contributed by atoms with Gasteiger partial charge in [0.25, 0.3) is 0 Å². The number of rotatable bonds is 8. The Morgan fingerprint density at radius 1 is 0.926 bits per heavy atom. The van der Waals surface area contributed by atoms with Gasteiger partial charge in [-0.2, -0.15) is 5.10 Å². The van der Waals surface area contributed by atoms with Crippen LogP contribution in [0.3, 0.4) is 0 Å². The largest absolute Gasteiger partial charge is 0.341 e. The van der Waals surface area contributed by atoms with Crippen LogP contribution in [0.25, 0.3) is 10.9 Å². The maximum atomic E-state index is 12.9. The van der Waals surface area contributed by atoms with Crippen molar-refractivity contribution in [1.29, 1.82) is 0 Å². The van der Waals surface area contributed by atoms with E-state index in [2.05, 4.69) is 18.9 Å². The number of fused-ring (bicyclic) bond motifs is 1. The number of ketones is 1. The number of aromatic nitrogens is 2. The van der Waals surface area contributed by atoms with Gasteiger partial charge in [0.1, 0.15) is 12.2 Å². The summed E-state index contributed by atoms with van der Waals surface area (Å²) in [6.45, 7) is 5.75. The molecule has 0 aliphatic heterocycles. The van der Waals surface area contributed by atoms with E-state index in [0.717, 1.165) is 36.8 Å². The van der Waals surface area contributed by atoms with Gasteiger partial charge in [-0.05, 0) is 18.9 Å². The minimum atomic E-state index is -0.128. The van der Waals surface area contributed by atoms with Crippen LogP contribution >= 0.6 is 0 Å². The van der Waals surface area contributed by atoms with Gasteiger partial charge in [-0.1, -0.05) is 62.4 Å². The Bertz CT molecular complexity index is 925. The number of hydrogen-bond donors (Lipinski definition) is 0. The molecule has 3 rings (SSSR count). The summed E-state index contributed by atoms with van der Waals surface area (Å²) < 4.78 is 1.66. The number of carbonyl (C=O) groups is 2. The minimum Gasteiger partial charge on any atom is -0.341 e. The van der Waals surface area contributed by atoms with Crippen molar-refractivity contribution in [2.45, 2.75) is 33.2 Å². The van der Waals surface area contributed by atoms with Gasteiger partial charge >= 0.3 is 0 Å². The van der Waals surface area contributed by atoms with Crippen LogP contribution in [0.4, 0.5) is 0 Å². The zero-order valence-corrected chi connectivity index (χ0v) is 15.9. The van der Waals surface area contributed by atoms with Crippen LogP contribution in [-0.4, -0.2) is 39.5 Å². The maximum absolute atomic E-state index is 12.9. The standard InChI is InChI=1S/C22H25N3O2/c1-3-14-24(15-4-2)20(26)16-25-19-13-9-8-12-18(19)21(23-25)22(27)17-10-6-5-7-11-17/h5-13H,3-4,14-16H2,1-2H3. The van der Waals surface area contributed by atoms with Crippen molar-refractivity contribution in [3.8, 4) is 0 Å². The van der Waals surface area contributed by atoms with E-state index in [0.29, 0.717) is 11.3 Å². The van der Waals surface area contributed by atoms with Gasteiger partial charge in [-0.3, -0.25) is 14.3 Å². The third-order valence-electron chi connectivity index (χ3n) is 4.53. The van der Waals surface area contributed by atoms with Crippen molar-refractivity contribution in [2.75, 3.05) is 13.1 Å². The highest BCUT2D eigenvalue weighted by atomic mass is 16.2.